The number of carbonyl (C=O) groups excluding carboxylic acids is 1. The van der Waals surface area contributed by atoms with Crippen LogP contribution in [0, 0.1) is 0 Å². The van der Waals surface area contributed by atoms with Crippen LogP contribution in [0.2, 0.25) is 0 Å². The summed E-state index contributed by atoms with van der Waals surface area (Å²) in [5.41, 5.74) is 3.65. The number of hydrogen-bond donors (Lipinski definition) is 0. The lowest BCUT2D eigenvalue weighted by Gasteiger charge is -2.24. The highest BCUT2D eigenvalue weighted by Gasteiger charge is 2.20. The average Bonchev–Trinajstić information content (AvgIpc) is 2.65. The molecule has 0 aliphatic heterocycles. The number of nitrogens with zero attached hydrogens (tertiary/aromatic N) is 1. The zero-order chi connectivity index (χ0) is 20.7. The van der Waals surface area contributed by atoms with Crippen LogP contribution >= 0.6 is 0 Å². The molecule has 0 saturated heterocycles. The quantitative estimate of drug-likeness (QED) is 0.549. The molecule has 0 bridgehead atoms. The van der Waals surface area contributed by atoms with Gasteiger partial charge in [-0.2, -0.15) is 0 Å². The molecular formula is C24H31NO3. The number of amides is 1. The maximum atomic E-state index is 12.2. The molecule has 0 N–H and O–H groups in total. The Morgan fingerprint density at radius 1 is 1.00 bits per heavy atom. The average molecular weight is 382 g/mol. The Labute approximate surface area is 168 Å². The van der Waals surface area contributed by atoms with Crippen LogP contribution in [-0.2, 0) is 9.47 Å². The molecule has 2 aromatic carbocycles. The van der Waals surface area contributed by atoms with E-state index >= 15 is 0 Å². The number of ether oxygens (including phenoxy) is 2. The van der Waals surface area contributed by atoms with Crippen molar-refractivity contribution in [3.63, 3.8) is 0 Å². The van der Waals surface area contributed by atoms with E-state index in [0.717, 1.165) is 16.8 Å². The molecule has 0 aliphatic carbocycles. The number of anilines is 1. The Balaban J connectivity index is 2.01. The van der Waals surface area contributed by atoms with Gasteiger partial charge < -0.3 is 9.47 Å². The standard InChI is InChI=1S/C24H31NO3/c1-7-27-18(2)21-14-10-19(11-15-21)8-9-20-12-16-22(17-13-20)25(6)23(26)28-24(3,4)5/h8-18H,7H2,1-6H3/b9-8+. The first kappa shape index (κ1) is 21.7. The van der Waals surface area contributed by atoms with Crippen molar-refractivity contribution in [1.29, 1.82) is 0 Å². The first-order chi connectivity index (χ1) is 13.2. The van der Waals surface area contributed by atoms with E-state index in [4.69, 9.17) is 9.47 Å². The minimum atomic E-state index is -0.510. The number of carbonyl (C=O) groups is 1. The summed E-state index contributed by atoms with van der Waals surface area (Å²) in [6, 6.07) is 16.2. The molecule has 150 valence electrons. The summed E-state index contributed by atoms with van der Waals surface area (Å²) in [6.45, 7) is 10.3. The number of hydrogen-bond acceptors (Lipinski definition) is 3. The summed E-state index contributed by atoms with van der Waals surface area (Å²) < 4.78 is 11.0. The van der Waals surface area contributed by atoms with Gasteiger partial charge in [0.25, 0.3) is 0 Å². The maximum absolute atomic E-state index is 12.2. The van der Waals surface area contributed by atoms with Crippen LogP contribution < -0.4 is 4.90 Å². The first-order valence-electron chi connectivity index (χ1n) is 9.66. The molecule has 28 heavy (non-hydrogen) atoms. The second-order valence-corrected chi connectivity index (χ2v) is 7.73. The molecule has 2 aromatic rings. The molecule has 1 atom stereocenters. The van der Waals surface area contributed by atoms with Gasteiger partial charge in [0.05, 0.1) is 6.10 Å². The lowest BCUT2D eigenvalue weighted by molar-refractivity contribution is 0.0589. The van der Waals surface area contributed by atoms with Crippen molar-refractivity contribution in [1.82, 2.24) is 0 Å². The van der Waals surface area contributed by atoms with Crippen molar-refractivity contribution in [2.45, 2.75) is 46.3 Å². The summed E-state index contributed by atoms with van der Waals surface area (Å²) in [7, 11) is 1.71. The molecule has 1 unspecified atom stereocenters. The largest absolute Gasteiger partial charge is 0.443 e. The molecule has 0 heterocycles. The van der Waals surface area contributed by atoms with E-state index in [1.807, 2.05) is 52.0 Å². The predicted octanol–water partition coefficient (Wildman–Crippen LogP) is 6.33. The fraction of sp³-hybridized carbons (Fsp3) is 0.375. The monoisotopic (exact) mass is 381 g/mol. The first-order valence-corrected chi connectivity index (χ1v) is 9.66. The van der Waals surface area contributed by atoms with Crippen molar-refractivity contribution >= 4 is 23.9 Å². The summed E-state index contributed by atoms with van der Waals surface area (Å²) >= 11 is 0. The van der Waals surface area contributed by atoms with E-state index in [-0.39, 0.29) is 12.2 Å². The Morgan fingerprint density at radius 2 is 1.50 bits per heavy atom. The van der Waals surface area contributed by atoms with Gasteiger partial charge in [0.2, 0.25) is 0 Å². The van der Waals surface area contributed by atoms with Crippen LogP contribution in [0.5, 0.6) is 0 Å². The molecule has 2 rings (SSSR count). The normalized spacial score (nSPS) is 12.8. The summed E-state index contributed by atoms with van der Waals surface area (Å²) in [4.78, 5) is 13.7. The highest BCUT2D eigenvalue weighted by molar-refractivity contribution is 5.87. The molecule has 4 nitrogen and oxygen atoms in total. The minimum Gasteiger partial charge on any atom is -0.443 e. The molecular weight excluding hydrogens is 350 g/mol. The summed E-state index contributed by atoms with van der Waals surface area (Å²) in [6.07, 6.45) is 3.87. The van der Waals surface area contributed by atoms with E-state index in [0.29, 0.717) is 6.61 Å². The fourth-order valence-corrected chi connectivity index (χ4v) is 2.66. The van der Waals surface area contributed by atoms with Gasteiger partial charge in [-0.25, -0.2) is 4.79 Å². The topological polar surface area (TPSA) is 38.8 Å². The SMILES string of the molecule is CCOC(C)c1ccc(/C=C/c2ccc(N(C)C(=O)OC(C)(C)C)cc2)cc1. The van der Waals surface area contributed by atoms with Gasteiger partial charge in [0.1, 0.15) is 5.60 Å². The van der Waals surface area contributed by atoms with E-state index in [9.17, 15) is 4.79 Å². The van der Waals surface area contributed by atoms with Gasteiger partial charge in [-0.1, -0.05) is 48.6 Å². The van der Waals surface area contributed by atoms with Crippen LogP contribution in [0.25, 0.3) is 12.2 Å². The minimum absolute atomic E-state index is 0.109. The molecule has 1 amide bonds. The van der Waals surface area contributed by atoms with E-state index in [1.54, 1.807) is 7.05 Å². The lowest BCUT2D eigenvalue weighted by Crippen LogP contribution is -2.34. The third-order valence-corrected chi connectivity index (χ3v) is 4.24. The molecule has 0 saturated carbocycles. The van der Waals surface area contributed by atoms with Gasteiger partial charge in [-0.3, -0.25) is 4.90 Å². The Kier molecular flexibility index (Phi) is 7.41. The van der Waals surface area contributed by atoms with Crippen molar-refractivity contribution in [2.24, 2.45) is 0 Å². The van der Waals surface area contributed by atoms with Crippen molar-refractivity contribution in [2.75, 3.05) is 18.6 Å². The second-order valence-electron chi connectivity index (χ2n) is 7.73. The fourth-order valence-electron chi connectivity index (χ4n) is 2.66. The van der Waals surface area contributed by atoms with Crippen LogP contribution in [0.4, 0.5) is 10.5 Å². The Hall–Kier alpha value is -2.59. The maximum Gasteiger partial charge on any atom is 0.414 e. The predicted molar refractivity (Wildman–Crippen MR) is 116 cm³/mol. The Morgan fingerprint density at radius 3 is 1.96 bits per heavy atom. The van der Waals surface area contributed by atoms with Gasteiger partial charge >= 0.3 is 6.09 Å². The second kappa shape index (κ2) is 9.56. The van der Waals surface area contributed by atoms with Gasteiger partial charge in [0, 0.05) is 19.3 Å². The highest BCUT2D eigenvalue weighted by Crippen LogP contribution is 2.20. The lowest BCUT2D eigenvalue weighted by atomic mass is 10.1. The van der Waals surface area contributed by atoms with Gasteiger partial charge in [-0.05, 0) is 63.4 Å². The van der Waals surface area contributed by atoms with Crippen LogP contribution in [0.3, 0.4) is 0 Å². The zero-order valence-electron chi connectivity index (χ0n) is 17.7. The third kappa shape index (κ3) is 6.54. The van der Waals surface area contributed by atoms with Crippen molar-refractivity contribution < 1.29 is 14.3 Å². The van der Waals surface area contributed by atoms with E-state index < -0.39 is 5.60 Å². The molecule has 0 fully saturated rings. The molecule has 0 aromatic heterocycles. The van der Waals surface area contributed by atoms with Crippen molar-refractivity contribution in [3.05, 3.63) is 65.2 Å². The van der Waals surface area contributed by atoms with Crippen molar-refractivity contribution in [3.8, 4) is 0 Å². The summed E-state index contributed by atoms with van der Waals surface area (Å²) in [5, 5.41) is 0. The summed E-state index contributed by atoms with van der Waals surface area (Å²) in [5.74, 6) is 0. The number of rotatable bonds is 6. The smallest absolute Gasteiger partial charge is 0.414 e. The van der Waals surface area contributed by atoms with Gasteiger partial charge in [-0.15, -0.1) is 0 Å². The van der Waals surface area contributed by atoms with Crippen LogP contribution in [0.15, 0.2) is 48.5 Å². The zero-order valence-corrected chi connectivity index (χ0v) is 17.7. The van der Waals surface area contributed by atoms with Crippen LogP contribution in [0.1, 0.15) is 57.4 Å². The number of benzene rings is 2. The van der Waals surface area contributed by atoms with Crippen LogP contribution in [-0.4, -0.2) is 25.3 Å². The molecule has 0 aliphatic rings. The van der Waals surface area contributed by atoms with E-state index in [1.165, 1.54) is 10.5 Å². The van der Waals surface area contributed by atoms with Gasteiger partial charge in [0.15, 0.2) is 0 Å². The highest BCUT2D eigenvalue weighted by atomic mass is 16.6. The molecule has 0 radical (unpaired) electrons. The molecule has 0 spiro atoms. The molecule has 4 heteroatoms. The third-order valence-electron chi connectivity index (χ3n) is 4.24. The van der Waals surface area contributed by atoms with E-state index in [2.05, 4.69) is 43.3 Å². The Bertz CT molecular complexity index is 786.